The van der Waals surface area contributed by atoms with E-state index in [0.29, 0.717) is 12.4 Å². The molecule has 1 N–H and O–H groups in total. The number of carbonyl (C=O) groups excluding carboxylic acids is 1. The van der Waals surface area contributed by atoms with Crippen molar-refractivity contribution in [3.05, 3.63) is 42.4 Å². The lowest BCUT2D eigenvalue weighted by Crippen LogP contribution is -2.24. The molecule has 2 aliphatic rings. The molecule has 3 heterocycles. The minimum Gasteiger partial charge on any atom is -0.381 e. The average Bonchev–Trinajstić information content (AvgIpc) is 3.08. The first-order valence-electron chi connectivity index (χ1n) is 8.07. The van der Waals surface area contributed by atoms with Gasteiger partial charge in [-0.1, -0.05) is 6.07 Å². The fraction of sp³-hybridized carbons (Fsp3) is 0.471. The third kappa shape index (κ3) is 2.99. The van der Waals surface area contributed by atoms with Crippen molar-refractivity contribution in [1.29, 1.82) is 0 Å². The Hall–Kier alpha value is -2.21. The summed E-state index contributed by atoms with van der Waals surface area (Å²) in [5.74, 6) is 0.822. The van der Waals surface area contributed by atoms with Crippen LogP contribution in [0.3, 0.4) is 0 Å². The Balaban J connectivity index is 1.36. The van der Waals surface area contributed by atoms with E-state index in [1.54, 1.807) is 10.9 Å². The number of pyridine rings is 1. The van der Waals surface area contributed by atoms with Crippen molar-refractivity contribution >= 4 is 11.7 Å². The molecular weight excluding hydrogens is 292 g/mol. The Labute approximate surface area is 134 Å². The maximum Gasteiger partial charge on any atom is 0.229 e. The monoisotopic (exact) mass is 312 g/mol. The third-order valence-corrected chi connectivity index (χ3v) is 4.94. The summed E-state index contributed by atoms with van der Waals surface area (Å²) in [4.78, 5) is 16.7. The van der Waals surface area contributed by atoms with E-state index < -0.39 is 0 Å². The molecule has 1 atom stereocenters. The molecule has 0 radical (unpaired) electrons. The van der Waals surface area contributed by atoms with Crippen molar-refractivity contribution in [3.63, 3.8) is 0 Å². The number of anilines is 1. The molecular formula is C17H20N4O2. The lowest BCUT2D eigenvalue weighted by Gasteiger charge is -2.22. The summed E-state index contributed by atoms with van der Waals surface area (Å²) in [7, 11) is 0. The number of nitrogens with one attached hydrogen (secondary N) is 1. The molecule has 1 aliphatic carbocycles. The molecule has 0 bridgehead atoms. The van der Waals surface area contributed by atoms with Gasteiger partial charge in [-0.3, -0.25) is 14.5 Å². The molecule has 2 aromatic heterocycles. The second-order valence-electron chi connectivity index (χ2n) is 6.44. The highest BCUT2D eigenvalue weighted by atomic mass is 16.5. The van der Waals surface area contributed by atoms with E-state index in [0.717, 1.165) is 38.2 Å². The normalized spacial score (nSPS) is 22.0. The lowest BCUT2D eigenvalue weighted by molar-refractivity contribution is -0.118. The number of hydrogen-bond acceptors (Lipinski definition) is 4. The van der Waals surface area contributed by atoms with Crippen LogP contribution < -0.4 is 5.32 Å². The zero-order valence-corrected chi connectivity index (χ0v) is 12.9. The molecule has 2 aromatic rings. The van der Waals surface area contributed by atoms with Crippen molar-refractivity contribution in [2.24, 2.45) is 11.3 Å². The van der Waals surface area contributed by atoms with Gasteiger partial charge in [-0.25, -0.2) is 0 Å². The van der Waals surface area contributed by atoms with Gasteiger partial charge < -0.3 is 10.1 Å². The molecule has 1 saturated carbocycles. The number of rotatable bonds is 4. The maximum atomic E-state index is 12.4. The van der Waals surface area contributed by atoms with Crippen LogP contribution in [0.25, 0.3) is 0 Å². The van der Waals surface area contributed by atoms with Crippen molar-refractivity contribution < 1.29 is 9.53 Å². The second-order valence-corrected chi connectivity index (χ2v) is 6.44. The number of hydrogen-bond donors (Lipinski definition) is 1. The summed E-state index contributed by atoms with van der Waals surface area (Å²) in [6.45, 7) is 2.16. The van der Waals surface area contributed by atoms with Gasteiger partial charge in [-0.2, -0.15) is 5.10 Å². The van der Waals surface area contributed by atoms with E-state index in [1.165, 1.54) is 0 Å². The highest BCUT2D eigenvalue weighted by Gasteiger charge is 2.58. The van der Waals surface area contributed by atoms with E-state index in [2.05, 4.69) is 15.4 Å². The van der Waals surface area contributed by atoms with Crippen LogP contribution in [0.4, 0.5) is 5.82 Å². The maximum absolute atomic E-state index is 12.4. The van der Waals surface area contributed by atoms with Crippen LogP contribution in [0.1, 0.15) is 25.0 Å². The Morgan fingerprint density at radius 3 is 3.00 bits per heavy atom. The fourth-order valence-corrected chi connectivity index (χ4v) is 3.44. The molecule has 6 heteroatoms. The van der Waals surface area contributed by atoms with Gasteiger partial charge in [0.1, 0.15) is 0 Å². The highest BCUT2D eigenvalue weighted by Crippen LogP contribution is 2.59. The summed E-state index contributed by atoms with van der Waals surface area (Å²) in [6.07, 6.45) is 6.61. The number of nitrogens with zero attached hydrogens (tertiary/aromatic N) is 3. The van der Waals surface area contributed by atoms with Gasteiger partial charge in [0.05, 0.1) is 12.2 Å². The van der Waals surface area contributed by atoms with Crippen molar-refractivity contribution in [1.82, 2.24) is 14.8 Å². The van der Waals surface area contributed by atoms with Gasteiger partial charge >= 0.3 is 0 Å². The smallest absolute Gasteiger partial charge is 0.229 e. The van der Waals surface area contributed by atoms with E-state index in [9.17, 15) is 4.79 Å². The Kier molecular flexibility index (Phi) is 3.61. The molecule has 23 heavy (non-hydrogen) atoms. The first kappa shape index (κ1) is 14.4. The Morgan fingerprint density at radius 1 is 1.35 bits per heavy atom. The van der Waals surface area contributed by atoms with Crippen LogP contribution in [0, 0.1) is 11.3 Å². The van der Waals surface area contributed by atoms with Gasteiger partial charge in [-0.15, -0.1) is 0 Å². The first-order valence-corrected chi connectivity index (χ1v) is 8.07. The van der Waals surface area contributed by atoms with Crippen LogP contribution in [0.2, 0.25) is 0 Å². The summed E-state index contributed by atoms with van der Waals surface area (Å²) in [5.41, 5.74) is 1.13. The van der Waals surface area contributed by atoms with Crippen LogP contribution in [-0.4, -0.2) is 33.9 Å². The van der Waals surface area contributed by atoms with Crippen molar-refractivity contribution in [2.75, 3.05) is 18.5 Å². The average molecular weight is 312 g/mol. The molecule has 0 aromatic carbocycles. The Bertz CT molecular complexity index is 692. The third-order valence-electron chi connectivity index (χ3n) is 4.94. The van der Waals surface area contributed by atoms with Gasteiger partial charge in [0, 0.05) is 37.6 Å². The van der Waals surface area contributed by atoms with Crippen LogP contribution in [-0.2, 0) is 16.1 Å². The number of amides is 1. The molecule has 6 nitrogen and oxygen atoms in total. The largest absolute Gasteiger partial charge is 0.381 e. The number of aromatic nitrogens is 3. The van der Waals surface area contributed by atoms with Gasteiger partial charge in [-0.05, 0) is 36.8 Å². The van der Waals surface area contributed by atoms with E-state index in [4.69, 9.17) is 4.74 Å². The molecule has 1 spiro atoms. The number of ether oxygens (including phenoxy) is 1. The van der Waals surface area contributed by atoms with E-state index >= 15 is 0 Å². The summed E-state index contributed by atoms with van der Waals surface area (Å²) < 4.78 is 7.18. The molecule has 120 valence electrons. The van der Waals surface area contributed by atoms with E-state index in [-0.39, 0.29) is 17.2 Å². The standard InChI is InChI=1S/C17H20N4O2/c22-16(14-11-17(14)5-9-23-10-6-17)19-15-4-8-21(20-15)12-13-3-1-2-7-18-13/h1-4,7-8,14H,5-6,9-12H2,(H,19,20,22). The predicted octanol–water partition coefficient (Wildman–Crippen LogP) is 2.08. The van der Waals surface area contributed by atoms with Crippen LogP contribution in [0.5, 0.6) is 0 Å². The van der Waals surface area contributed by atoms with E-state index in [1.807, 2.05) is 30.5 Å². The summed E-state index contributed by atoms with van der Waals surface area (Å²) in [5, 5.41) is 7.36. The second kappa shape index (κ2) is 5.77. The summed E-state index contributed by atoms with van der Waals surface area (Å²) >= 11 is 0. The highest BCUT2D eigenvalue weighted by molar-refractivity contribution is 5.94. The van der Waals surface area contributed by atoms with Crippen molar-refractivity contribution in [3.8, 4) is 0 Å². The fourth-order valence-electron chi connectivity index (χ4n) is 3.44. The van der Waals surface area contributed by atoms with Crippen LogP contribution >= 0.6 is 0 Å². The molecule has 1 unspecified atom stereocenters. The Morgan fingerprint density at radius 2 is 2.22 bits per heavy atom. The zero-order chi connectivity index (χ0) is 15.7. The van der Waals surface area contributed by atoms with Gasteiger partial charge in [0.2, 0.25) is 5.91 Å². The molecule has 1 saturated heterocycles. The molecule has 2 fully saturated rings. The number of carbonyl (C=O) groups is 1. The SMILES string of the molecule is O=C(Nc1ccn(Cc2ccccn2)n1)C1CC12CCOCC2. The van der Waals surface area contributed by atoms with Crippen molar-refractivity contribution in [2.45, 2.75) is 25.8 Å². The summed E-state index contributed by atoms with van der Waals surface area (Å²) in [6, 6.07) is 7.63. The molecule has 4 rings (SSSR count). The first-order chi connectivity index (χ1) is 11.3. The van der Waals surface area contributed by atoms with Gasteiger partial charge in [0.15, 0.2) is 5.82 Å². The lowest BCUT2D eigenvalue weighted by atomic mass is 9.93. The molecule has 1 aliphatic heterocycles. The van der Waals surface area contributed by atoms with Crippen LogP contribution in [0.15, 0.2) is 36.7 Å². The van der Waals surface area contributed by atoms with Gasteiger partial charge in [0.25, 0.3) is 0 Å². The minimum atomic E-state index is 0.0926. The minimum absolute atomic E-state index is 0.0926. The quantitative estimate of drug-likeness (QED) is 0.938. The molecule has 1 amide bonds. The predicted molar refractivity (Wildman–Crippen MR) is 84.8 cm³/mol. The zero-order valence-electron chi connectivity index (χ0n) is 12.9. The topological polar surface area (TPSA) is 69.0 Å².